The van der Waals surface area contributed by atoms with Gasteiger partial charge in [-0.05, 0) is 24.6 Å². The van der Waals surface area contributed by atoms with Crippen LogP contribution in [0.2, 0.25) is 0 Å². The van der Waals surface area contributed by atoms with Crippen LogP contribution in [0.3, 0.4) is 0 Å². The van der Waals surface area contributed by atoms with Crippen LogP contribution < -0.4 is 5.32 Å². The zero-order valence-corrected chi connectivity index (χ0v) is 11.5. The molecule has 0 aliphatic rings. The number of hydrogen-bond acceptors (Lipinski definition) is 3. The second-order valence-electron chi connectivity index (χ2n) is 3.76. The van der Waals surface area contributed by atoms with Crippen molar-refractivity contribution in [2.45, 2.75) is 12.5 Å². The molecule has 2 N–H and O–H groups in total. The average Bonchev–Trinajstić information content (AvgIpc) is 2.33. The summed E-state index contributed by atoms with van der Waals surface area (Å²) >= 11 is 3.28. The van der Waals surface area contributed by atoms with Gasteiger partial charge >= 0.3 is 0 Å². The smallest absolute Gasteiger partial charge is 0.255 e. The Hall–Kier alpha value is -1.14. The Morgan fingerprint density at radius 3 is 2.94 bits per heavy atom. The van der Waals surface area contributed by atoms with Gasteiger partial charge in [-0.15, -0.1) is 0 Å². The van der Waals surface area contributed by atoms with Crippen molar-refractivity contribution < 1.29 is 19.0 Å². The summed E-state index contributed by atoms with van der Waals surface area (Å²) in [5, 5.41) is 12.9. The van der Waals surface area contributed by atoms with E-state index < -0.39 is 11.7 Å². The van der Waals surface area contributed by atoms with Crippen LogP contribution in [0, 0.1) is 5.82 Å². The maximum absolute atomic E-state index is 13.0. The molecule has 1 unspecified atom stereocenters. The predicted molar refractivity (Wildman–Crippen MR) is 69.6 cm³/mol. The molecule has 0 fully saturated rings. The molecule has 0 aliphatic heterocycles. The number of carbonyl (C=O) groups is 1. The summed E-state index contributed by atoms with van der Waals surface area (Å²) in [4.78, 5) is 11.9. The van der Waals surface area contributed by atoms with E-state index >= 15 is 0 Å². The summed E-state index contributed by atoms with van der Waals surface area (Å²) < 4.78 is 18.0. The van der Waals surface area contributed by atoms with Gasteiger partial charge in [0.15, 0.2) is 0 Å². The summed E-state index contributed by atoms with van der Waals surface area (Å²) in [5.41, 5.74) is -0.0781. The van der Waals surface area contributed by atoms with Crippen molar-refractivity contribution >= 4 is 21.8 Å². The van der Waals surface area contributed by atoms with Crippen LogP contribution >= 0.6 is 15.9 Å². The number of rotatable bonds is 6. The van der Waals surface area contributed by atoms with Crippen molar-refractivity contribution in [2.24, 2.45) is 0 Å². The fraction of sp³-hybridized carbons (Fsp3) is 0.417. The molecule has 6 heteroatoms. The summed E-state index contributed by atoms with van der Waals surface area (Å²) in [7, 11) is 1.53. The van der Waals surface area contributed by atoms with Gasteiger partial charge in [0, 0.05) is 12.4 Å². The van der Waals surface area contributed by atoms with E-state index in [0.29, 0.717) is 18.4 Å². The van der Waals surface area contributed by atoms with Crippen molar-refractivity contribution in [2.75, 3.05) is 19.0 Å². The molecule has 0 bridgehead atoms. The Labute approximate surface area is 113 Å². The summed E-state index contributed by atoms with van der Waals surface area (Å²) in [6, 6.07) is 3.06. The maximum atomic E-state index is 13.0. The largest absolute Gasteiger partial charge is 0.507 e. The van der Waals surface area contributed by atoms with Crippen LogP contribution in [-0.2, 0) is 4.74 Å². The second kappa shape index (κ2) is 7.33. The summed E-state index contributed by atoms with van der Waals surface area (Å²) in [6.45, 7) is 0.355. The first-order valence-electron chi connectivity index (χ1n) is 5.42. The van der Waals surface area contributed by atoms with Crippen LogP contribution in [0.15, 0.2) is 18.2 Å². The minimum Gasteiger partial charge on any atom is -0.507 e. The number of phenols is 1. The monoisotopic (exact) mass is 319 g/mol. The molecule has 1 aromatic carbocycles. The van der Waals surface area contributed by atoms with E-state index in [-0.39, 0.29) is 17.4 Å². The Kier molecular flexibility index (Phi) is 6.07. The molecule has 1 atom stereocenters. The lowest BCUT2D eigenvalue weighted by Gasteiger charge is -2.17. The van der Waals surface area contributed by atoms with Gasteiger partial charge in [-0.1, -0.05) is 15.9 Å². The molecule has 0 aromatic heterocycles. The van der Waals surface area contributed by atoms with Gasteiger partial charge in [0.25, 0.3) is 5.91 Å². The Morgan fingerprint density at radius 2 is 2.33 bits per heavy atom. The van der Waals surface area contributed by atoms with Crippen molar-refractivity contribution in [1.29, 1.82) is 0 Å². The maximum Gasteiger partial charge on any atom is 0.255 e. The lowest BCUT2D eigenvalue weighted by molar-refractivity contribution is 0.0892. The van der Waals surface area contributed by atoms with Gasteiger partial charge in [-0.2, -0.15) is 0 Å². The number of ether oxygens (including phenoxy) is 1. The fourth-order valence-electron chi connectivity index (χ4n) is 1.48. The van der Waals surface area contributed by atoms with E-state index in [9.17, 15) is 14.3 Å². The quantitative estimate of drug-likeness (QED) is 0.789. The highest BCUT2D eigenvalue weighted by molar-refractivity contribution is 9.09. The van der Waals surface area contributed by atoms with E-state index in [4.69, 9.17) is 4.74 Å². The van der Waals surface area contributed by atoms with Crippen LogP contribution in [0.1, 0.15) is 16.8 Å². The molecule has 18 heavy (non-hydrogen) atoms. The minimum atomic E-state index is -0.568. The topological polar surface area (TPSA) is 58.6 Å². The number of methoxy groups -OCH3 is 1. The molecule has 0 aliphatic carbocycles. The molecule has 1 rings (SSSR count). The first kappa shape index (κ1) is 14.9. The van der Waals surface area contributed by atoms with E-state index in [1.54, 1.807) is 0 Å². The van der Waals surface area contributed by atoms with E-state index in [1.165, 1.54) is 7.11 Å². The van der Waals surface area contributed by atoms with Gasteiger partial charge in [0.05, 0.1) is 18.2 Å². The number of phenolic OH excluding ortho intramolecular Hbond substituents is 1. The first-order chi connectivity index (χ1) is 8.58. The van der Waals surface area contributed by atoms with E-state index in [0.717, 1.165) is 18.2 Å². The Morgan fingerprint density at radius 1 is 1.61 bits per heavy atom. The number of alkyl halides is 1. The second-order valence-corrected chi connectivity index (χ2v) is 4.56. The highest BCUT2D eigenvalue weighted by atomic mass is 79.9. The Balaban J connectivity index is 2.76. The normalized spacial score (nSPS) is 12.2. The number of amides is 1. The molecule has 0 spiro atoms. The summed E-state index contributed by atoms with van der Waals surface area (Å²) in [5.74, 6) is -1.33. The molecular weight excluding hydrogens is 305 g/mol. The molecule has 0 saturated carbocycles. The number of carbonyl (C=O) groups excluding carboxylic acids is 1. The number of hydrogen-bond donors (Lipinski definition) is 2. The van der Waals surface area contributed by atoms with E-state index in [1.807, 2.05) is 0 Å². The van der Waals surface area contributed by atoms with Crippen LogP contribution in [-0.4, -0.2) is 36.1 Å². The van der Waals surface area contributed by atoms with Crippen molar-refractivity contribution in [3.05, 3.63) is 29.6 Å². The SMILES string of the molecule is COCC(CCBr)NC(=O)c1cc(F)ccc1O. The van der Waals surface area contributed by atoms with Gasteiger partial charge in [-0.3, -0.25) is 4.79 Å². The molecular formula is C12H15BrFNO3. The van der Waals surface area contributed by atoms with Crippen molar-refractivity contribution in [3.63, 3.8) is 0 Å². The fourth-order valence-corrected chi connectivity index (χ4v) is 2.04. The van der Waals surface area contributed by atoms with Gasteiger partial charge in [0.2, 0.25) is 0 Å². The van der Waals surface area contributed by atoms with Gasteiger partial charge in [-0.25, -0.2) is 4.39 Å². The average molecular weight is 320 g/mol. The van der Waals surface area contributed by atoms with Crippen LogP contribution in [0.25, 0.3) is 0 Å². The molecule has 4 nitrogen and oxygen atoms in total. The first-order valence-corrected chi connectivity index (χ1v) is 6.55. The highest BCUT2D eigenvalue weighted by Gasteiger charge is 2.16. The summed E-state index contributed by atoms with van der Waals surface area (Å²) in [6.07, 6.45) is 0.676. The molecule has 0 heterocycles. The third-order valence-electron chi connectivity index (χ3n) is 2.36. The zero-order chi connectivity index (χ0) is 13.5. The van der Waals surface area contributed by atoms with Crippen LogP contribution in [0.5, 0.6) is 5.75 Å². The van der Waals surface area contributed by atoms with Crippen molar-refractivity contribution in [3.8, 4) is 5.75 Å². The minimum absolute atomic E-state index is 0.0781. The molecule has 0 saturated heterocycles. The third kappa shape index (κ3) is 4.27. The van der Waals surface area contributed by atoms with Gasteiger partial charge < -0.3 is 15.2 Å². The molecule has 100 valence electrons. The van der Waals surface area contributed by atoms with Crippen LogP contribution in [0.4, 0.5) is 4.39 Å². The lowest BCUT2D eigenvalue weighted by atomic mass is 10.1. The predicted octanol–water partition coefficient (Wildman–Crippen LogP) is 2.06. The van der Waals surface area contributed by atoms with E-state index in [2.05, 4.69) is 21.2 Å². The molecule has 1 aromatic rings. The highest BCUT2D eigenvalue weighted by Crippen LogP contribution is 2.17. The number of aromatic hydroxyl groups is 1. The number of benzene rings is 1. The van der Waals surface area contributed by atoms with Gasteiger partial charge in [0.1, 0.15) is 11.6 Å². The molecule has 0 radical (unpaired) electrons. The lowest BCUT2D eigenvalue weighted by Crippen LogP contribution is -2.38. The zero-order valence-electron chi connectivity index (χ0n) is 9.95. The standard InChI is InChI=1S/C12H15BrFNO3/c1-18-7-9(4-5-13)15-12(17)10-6-8(14)2-3-11(10)16/h2-3,6,9,16H,4-5,7H2,1H3,(H,15,17). The van der Waals surface area contributed by atoms with Crippen molar-refractivity contribution in [1.82, 2.24) is 5.32 Å². The number of nitrogens with one attached hydrogen (secondary N) is 1. The third-order valence-corrected chi connectivity index (χ3v) is 2.82. The molecule has 1 amide bonds. The number of halogens is 2. The Bertz CT molecular complexity index is 408.